The van der Waals surface area contributed by atoms with Crippen molar-refractivity contribution in [2.24, 2.45) is 11.7 Å². The maximum Gasteiger partial charge on any atom is 0.244 e. The average molecular weight is 314 g/mol. The second kappa shape index (κ2) is 6.46. The Hall–Kier alpha value is -0.920. The van der Waals surface area contributed by atoms with E-state index in [1.165, 1.54) is 6.42 Å². The number of rotatable bonds is 7. The second-order valence-corrected chi connectivity index (χ2v) is 7.62. The molecular weight excluding hydrogens is 288 g/mol. The van der Waals surface area contributed by atoms with E-state index in [1.54, 1.807) is 18.5 Å². The molecule has 0 bridgehead atoms. The molecule has 1 fully saturated rings. The van der Waals surface area contributed by atoms with E-state index in [0.29, 0.717) is 35.3 Å². The summed E-state index contributed by atoms with van der Waals surface area (Å²) < 4.78 is 29.8. The zero-order valence-corrected chi connectivity index (χ0v) is 13.9. The number of nitrogens with zero attached hydrogens (tertiary/aromatic N) is 2. The molecule has 0 aliphatic heterocycles. The fourth-order valence-electron chi connectivity index (χ4n) is 2.87. The highest BCUT2D eigenvalue weighted by Crippen LogP contribution is 2.30. The molecule has 2 rings (SSSR count). The molecule has 1 unspecified atom stereocenters. The molecule has 0 spiro atoms. The van der Waals surface area contributed by atoms with Crippen LogP contribution in [0.1, 0.15) is 44.0 Å². The summed E-state index contributed by atoms with van der Waals surface area (Å²) in [5, 5.41) is 4.34. The highest BCUT2D eigenvalue weighted by atomic mass is 32.2. The van der Waals surface area contributed by atoms with Gasteiger partial charge in [0.15, 0.2) is 0 Å². The molecule has 1 aliphatic carbocycles. The van der Waals surface area contributed by atoms with E-state index in [1.807, 2.05) is 6.92 Å². The normalized spacial score (nSPS) is 17.7. The third kappa shape index (κ3) is 3.46. The molecule has 0 saturated heterocycles. The van der Waals surface area contributed by atoms with Crippen LogP contribution in [0.3, 0.4) is 0 Å². The number of aryl methyl sites for hydroxylation is 2. The first kappa shape index (κ1) is 16.5. The molecule has 120 valence electrons. The van der Waals surface area contributed by atoms with Crippen LogP contribution in [0, 0.1) is 19.8 Å². The van der Waals surface area contributed by atoms with Gasteiger partial charge in [-0.2, -0.15) is 5.10 Å². The molecule has 1 aliphatic rings. The van der Waals surface area contributed by atoms with Gasteiger partial charge in [-0.25, -0.2) is 13.1 Å². The van der Waals surface area contributed by atoms with Gasteiger partial charge in [-0.15, -0.1) is 0 Å². The Bertz CT molecular complexity index is 590. The number of hydrogen-bond donors (Lipinski definition) is 2. The lowest BCUT2D eigenvalue weighted by Crippen LogP contribution is -2.40. The predicted octanol–water partition coefficient (Wildman–Crippen LogP) is 1.32. The van der Waals surface area contributed by atoms with Crippen molar-refractivity contribution in [1.29, 1.82) is 0 Å². The van der Waals surface area contributed by atoms with E-state index in [4.69, 9.17) is 5.73 Å². The summed E-state index contributed by atoms with van der Waals surface area (Å²) in [5.74, 6) is 0.465. The molecular formula is C14H26N4O2S. The molecule has 1 saturated carbocycles. The van der Waals surface area contributed by atoms with Gasteiger partial charge in [0.1, 0.15) is 4.90 Å². The van der Waals surface area contributed by atoms with Crippen molar-refractivity contribution in [3.05, 3.63) is 11.4 Å². The van der Waals surface area contributed by atoms with Crippen LogP contribution >= 0.6 is 0 Å². The minimum absolute atomic E-state index is 0.0186. The minimum Gasteiger partial charge on any atom is -0.330 e. The van der Waals surface area contributed by atoms with Gasteiger partial charge < -0.3 is 5.73 Å². The Kier molecular flexibility index (Phi) is 5.06. The topological polar surface area (TPSA) is 90.0 Å². The molecule has 7 heteroatoms. The standard InChI is InChI=1S/C14H26N4O2S/c1-10(13-6-4-7-13)17-21(19,20)14-11(2)16-18(12(14)3)9-5-8-15/h10,13,17H,4-9,15H2,1-3H3. The van der Waals surface area contributed by atoms with Crippen molar-refractivity contribution in [2.45, 2.75) is 63.9 Å². The lowest BCUT2D eigenvalue weighted by Gasteiger charge is -2.31. The van der Waals surface area contributed by atoms with E-state index >= 15 is 0 Å². The molecule has 0 radical (unpaired) electrons. The third-order valence-corrected chi connectivity index (χ3v) is 6.17. The summed E-state index contributed by atoms with van der Waals surface area (Å²) >= 11 is 0. The van der Waals surface area contributed by atoms with Gasteiger partial charge in [-0.05, 0) is 52.5 Å². The molecule has 1 heterocycles. The fraction of sp³-hybridized carbons (Fsp3) is 0.786. The minimum atomic E-state index is -3.51. The maximum atomic E-state index is 12.6. The van der Waals surface area contributed by atoms with Crippen molar-refractivity contribution >= 4 is 10.0 Å². The Morgan fingerprint density at radius 2 is 2.10 bits per heavy atom. The average Bonchev–Trinajstić information content (AvgIpc) is 2.58. The van der Waals surface area contributed by atoms with E-state index in [-0.39, 0.29) is 6.04 Å². The Morgan fingerprint density at radius 3 is 2.62 bits per heavy atom. The molecule has 0 aromatic carbocycles. The first-order valence-corrected chi connectivity index (χ1v) is 9.11. The van der Waals surface area contributed by atoms with Crippen LogP contribution in [-0.4, -0.2) is 30.8 Å². The van der Waals surface area contributed by atoms with Crippen LogP contribution in [-0.2, 0) is 16.6 Å². The molecule has 21 heavy (non-hydrogen) atoms. The summed E-state index contributed by atoms with van der Waals surface area (Å²) in [6, 6.07) is -0.0186. The van der Waals surface area contributed by atoms with Crippen molar-refractivity contribution in [3.63, 3.8) is 0 Å². The molecule has 0 amide bonds. The Balaban J connectivity index is 2.20. The summed E-state index contributed by atoms with van der Waals surface area (Å²) in [6.45, 7) is 6.72. The molecule has 3 N–H and O–H groups in total. The van der Waals surface area contributed by atoms with E-state index in [0.717, 1.165) is 19.3 Å². The van der Waals surface area contributed by atoms with Crippen LogP contribution in [0.5, 0.6) is 0 Å². The first-order chi connectivity index (χ1) is 9.86. The quantitative estimate of drug-likeness (QED) is 0.794. The number of sulfonamides is 1. The number of hydrogen-bond acceptors (Lipinski definition) is 4. The van der Waals surface area contributed by atoms with Gasteiger partial charge in [0.2, 0.25) is 10.0 Å². The van der Waals surface area contributed by atoms with Crippen LogP contribution in [0.2, 0.25) is 0 Å². The van der Waals surface area contributed by atoms with Crippen molar-refractivity contribution in [1.82, 2.24) is 14.5 Å². The van der Waals surface area contributed by atoms with Crippen molar-refractivity contribution in [3.8, 4) is 0 Å². The lowest BCUT2D eigenvalue weighted by molar-refractivity contribution is 0.260. The summed E-state index contributed by atoms with van der Waals surface area (Å²) in [5.41, 5.74) is 6.75. The fourth-order valence-corrected chi connectivity index (χ4v) is 4.59. The summed E-state index contributed by atoms with van der Waals surface area (Å²) in [4.78, 5) is 0.325. The molecule has 1 atom stereocenters. The monoisotopic (exact) mass is 314 g/mol. The largest absolute Gasteiger partial charge is 0.330 e. The van der Waals surface area contributed by atoms with Crippen LogP contribution < -0.4 is 10.5 Å². The lowest BCUT2D eigenvalue weighted by atomic mass is 9.81. The number of nitrogens with one attached hydrogen (secondary N) is 1. The van der Waals surface area contributed by atoms with Gasteiger partial charge >= 0.3 is 0 Å². The zero-order chi connectivity index (χ0) is 15.6. The van der Waals surface area contributed by atoms with Crippen LogP contribution in [0.15, 0.2) is 4.90 Å². The van der Waals surface area contributed by atoms with Crippen molar-refractivity contribution < 1.29 is 8.42 Å². The maximum absolute atomic E-state index is 12.6. The van der Waals surface area contributed by atoms with Crippen LogP contribution in [0.4, 0.5) is 0 Å². The van der Waals surface area contributed by atoms with Crippen molar-refractivity contribution in [2.75, 3.05) is 6.54 Å². The number of nitrogens with two attached hydrogens (primary N) is 1. The zero-order valence-electron chi connectivity index (χ0n) is 13.1. The summed E-state index contributed by atoms with van der Waals surface area (Å²) in [7, 11) is -3.51. The van der Waals surface area contributed by atoms with Gasteiger partial charge in [0, 0.05) is 12.6 Å². The van der Waals surface area contributed by atoms with E-state index < -0.39 is 10.0 Å². The summed E-state index contributed by atoms with van der Waals surface area (Å²) in [6.07, 6.45) is 4.20. The molecule has 1 aromatic rings. The van der Waals surface area contributed by atoms with Gasteiger partial charge in [0.25, 0.3) is 0 Å². The van der Waals surface area contributed by atoms with Gasteiger partial charge in [-0.1, -0.05) is 6.42 Å². The van der Waals surface area contributed by atoms with Gasteiger partial charge in [0.05, 0.1) is 11.4 Å². The number of aromatic nitrogens is 2. The Morgan fingerprint density at radius 1 is 1.43 bits per heavy atom. The smallest absolute Gasteiger partial charge is 0.244 e. The Labute approximate surface area is 127 Å². The highest BCUT2D eigenvalue weighted by Gasteiger charge is 2.31. The molecule has 6 nitrogen and oxygen atoms in total. The molecule has 1 aromatic heterocycles. The first-order valence-electron chi connectivity index (χ1n) is 7.63. The SMILES string of the molecule is Cc1nn(CCCN)c(C)c1S(=O)(=O)NC(C)C1CCC1. The van der Waals surface area contributed by atoms with E-state index in [2.05, 4.69) is 9.82 Å². The third-order valence-electron chi connectivity index (χ3n) is 4.36. The van der Waals surface area contributed by atoms with E-state index in [9.17, 15) is 8.42 Å². The predicted molar refractivity (Wildman–Crippen MR) is 82.5 cm³/mol. The van der Waals surface area contributed by atoms with Gasteiger partial charge in [-0.3, -0.25) is 4.68 Å². The van der Waals surface area contributed by atoms with Crippen LogP contribution in [0.25, 0.3) is 0 Å². The second-order valence-electron chi connectivity index (χ2n) is 5.97. The highest BCUT2D eigenvalue weighted by molar-refractivity contribution is 7.89.